The molecule has 3 nitrogen and oxygen atoms in total. The van der Waals surface area contributed by atoms with Crippen LogP contribution in [-0.2, 0) is 6.54 Å². The Labute approximate surface area is 119 Å². The maximum absolute atomic E-state index is 6.16. The Bertz CT molecular complexity index is 411. The Morgan fingerprint density at radius 3 is 2.89 bits per heavy atom. The van der Waals surface area contributed by atoms with Gasteiger partial charge in [-0.15, -0.1) is 0 Å². The van der Waals surface area contributed by atoms with Crippen molar-refractivity contribution in [3.8, 4) is 0 Å². The van der Waals surface area contributed by atoms with E-state index in [9.17, 15) is 0 Å². The first-order valence-corrected chi connectivity index (χ1v) is 7.00. The summed E-state index contributed by atoms with van der Waals surface area (Å²) in [6, 6.07) is 2.36. The highest BCUT2D eigenvalue weighted by Gasteiger charge is 2.22. The molecule has 0 aliphatic carbocycles. The molecule has 0 amide bonds. The van der Waals surface area contributed by atoms with Gasteiger partial charge in [-0.2, -0.15) is 0 Å². The van der Waals surface area contributed by atoms with Crippen LogP contribution in [0.15, 0.2) is 12.3 Å². The Kier molecular flexibility index (Phi) is 4.84. The van der Waals surface area contributed by atoms with E-state index in [2.05, 4.69) is 28.9 Å². The largest absolute Gasteiger partial charge is 0.302 e. The predicted molar refractivity (Wildman–Crippen MR) is 76.2 cm³/mol. The average molecular weight is 288 g/mol. The number of hydrogen-bond donors (Lipinski definition) is 0. The van der Waals surface area contributed by atoms with Gasteiger partial charge in [0.25, 0.3) is 0 Å². The third-order valence-corrected chi connectivity index (χ3v) is 4.09. The average Bonchev–Trinajstić information content (AvgIpc) is 2.69. The zero-order valence-corrected chi connectivity index (χ0v) is 12.4. The molecule has 1 aromatic heterocycles. The van der Waals surface area contributed by atoms with Crippen LogP contribution in [0.2, 0.25) is 10.2 Å². The van der Waals surface area contributed by atoms with Crippen molar-refractivity contribution in [1.29, 1.82) is 0 Å². The Morgan fingerprint density at radius 2 is 2.28 bits per heavy atom. The molecular formula is C13H19Cl2N3. The molecule has 5 heteroatoms. The second-order valence-electron chi connectivity index (χ2n) is 5.07. The van der Waals surface area contributed by atoms with Crippen molar-refractivity contribution < 1.29 is 0 Å². The van der Waals surface area contributed by atoms with E-state index in [0.717, 1.165) is 18.7 Å². The molecule has 0 radical (unpaired) electrons. The number of nitrogens with zero attached hydrogens (tertiary/aromatic N) is 3. The van der Waals surface area contributed by atoms with Crippen LogP contribution < -0.4 is 0 Å². The predicted octanol–water partition coefficient (Wildman–Crippen LogP) is 2.91. The summed E-state index contributed by atoms with van der Waals surface area (Å²) < 4.78 is 0. The molecule has 1 unspecified atom stereocenters. The standard InChI is InChI=1S/C13H19Cl2N3/c1-17(9-11-4-3-5-18(11)2)8-10-7-16-13(15)6-12(10)14/h6-7,11H,3-5,8-9H2,1-2H3. The Hall–Kier alpha value is -0.350. The minimum absolute atomic E-state index is 0.446. The van der Waals surface area contributed by atoms with Crippen molar-refractivity contribution >= 4 is 23.2 Å². The fourth-order valence-electron chi connectivity index (χ4n) is 2.48. The van der Waals surface area contributed by atoms with Gasteiger partial charge in [-0.1, -0.05) is 23.2 Å². The van der Waals surface area contributed by atoms with Gasteiger partial charge in [-0.05, 0) is 39.5 Å². The van der Waals surface area contributed by atoms with Crippen LogP contribution in [0.4, 0.5) is 0 Å². The molecule has 1 aliphatic rings. The lowest BCUT2D eigenvalue weighted by molar-refractivity contribution is 0.215. The molecule has 0 spiro atoms. The molecule has 1 fully saturated rings. The highest BCUT2D eigenvalue weighted by atomic mass is 35.5. The van der Waals surface area contributed by atoms with Crippen LogP contribution in [0.1, 0.15) is 18.4 Å². The number of likely N-dealkylation sites (tertiary alicyclic amines) is 1. The van der Waals surface area contributed by atoms with Crippen molar-refractivity contribution in [1.82, 2.24) is 14.8 Å². The van der Waals surface area contributed by atoms with Crippen molar-refractivity contribution in [2.75, 3.05) is 27.2 Å². The summed E-state index contributed by atoms with van der Waals surface area (Å²) in [6.07, 6.45) is 4.35. The van der Waals surface area contributed by atoms with Crippen molar-refractivity contribution in [3.63, 3.8) is 0 Å². The summed E-state index contributed by atoms with van der Waals surface area (Å²) in [5, 5.41) is 1.14. The van der Waals surface area contributed by atoms with Gasteiger partial charge in [0.05, 0.1) is 0 Å². The maximum atomic E-state index is 6.16. The van der Waals surface area contributed by atoms with Crippen molar-refractivity contribution in [2.24, 2.45) is 0 Å². The van der Waals surface area contributed by atoms with Gasteiger partial charge >= 0.3 is 0 Å². The first-order valence-electron chi connectivity index (χ1n) is 6.25. The molecular weight excluding hydrogens is 269 g/mol. The summed E-state index contributed by atoms with van der Waals surface area (Å²) in [4.78, 5) is 8.81. The third kappa shape index (κ3) is 3.58. The Morgan fingerprint density at radius 1 is 1.50 bits per heavy atom. The first-order chi connectivity index (χ1) is 8.56. The number of pyridine rings is 1. The summed E-state index contributed by atoms with van der Waals surface area (Å²) in [5.74, 6) is 0. The number of aromatic nitrogens is 1. The second-order valence-corrected chi connectivity index (χ2v) is 5.87. The minimum Gasteiger partial charge on any atom is -0.302 e. The Balaban J connectivity index is 1.92. The summed E-state index contributed by atoms with van der Waals surface area (Å²) >= 11 is 12.0. The third-order valence-electron chi connectivity index (χ3n) is 3.53. The molecule has 0 aromatic carbocycles. The quantitative estimate of drug-likeness (QED) is 0.794. The normalized spacial score (nSPS) is 20.8. The smallest absolute Gasteiger partial charge is 0.130 e. The lowest BCUT2D eigenvalue weighted by Crippen LogP contribution is -2.36. The summed E-state index contributed by atoms with van der Waals surface area (Å²) in [5.41, 5.74) is 1.03. The molecule has 1 aliphatic heterocycles. The molecule has 1 aromatic rings. The lowest BCUT2D eigenvalue weighted by Gasteiger charge is -2.25. The molecule has 1 atom stereocenters. The molecule has 0 saturated carbocycles. The topological polar surface area (TPSA) is 19.4 Å². The van der Waals surface area contributed by atoms with Gasteiger partial charge in [0.1, 0.15) is 5.15 Å². The van der Waals surface area contributed by atoms with E-state index in [-0.39, 0.29) is 0 Å². The van der Waals surface area contributed by atoms with E-state index in [1.54, 1.807) is 12.3 Å². The fraction of sp³-hybridized carbons (Fsp3) is 0.615. The maximum Gasteiger partial charge on any atom is 0.130 e. The van der Waals surface area contributed by atoms with Crippen LogP contribution in [-0.4, -0.2) is 48.0 Å². The SMILES string of the molecule is CN(Cc1cnc(Cl)cc1Cl)CC1CCCN1C. The number of rotatable bonds is 4. The fourth-order valence-corrected chi connectivity index (χ4v) is 2.90. The van der Waals surface area contributed by atoms with Gasteiger partial charge in [0.15, 0.2) is 0 Å². The van der Waals surface area contributed by atoms with Crippen molar-refractivity contribution in [3.05, 3.63) is 28.0 Å². The van der Waals surface area contributed by atoms with Gasteiger partial charge in [0, 0.05) is 35.9 Å². The number of halogens is 2. The molecule has 0 bridgehead atoms. The first kappa shape index (κ1) is 14.1. The number of hydrogen-bond acceptors (Lipinski definition) is 3. The van der Waals surface area contributed by atoms with E-state index in [1.807, 2.05) is 0 Å². The molecule has 0 N–H and O–H groups in total. The van der Waals surface area contributed by atoms with Crippen LogP contribution in [0.25, 0.3) is 0 Å². The monoisotopic (exact) mass is 287 g/mol. The van der Waals surface area contributed by atoms with Crippen LogP contribution in [0.3, 0.4) is 0 Å². The summed E-state index contributed by atoms with van der Waals surface area (Å²) in [6.45, 7) is 3.09. The zero-order chi connectivity index (χ0) is 13.1. The van der Waals surface area contributed by atoms with Gasteiger partial charge in [0.2, 0.25) is 0 Å². The van der Waals surface area contributed by atoms with E-state index >= 15 is 0 Å². The highest BCUT2D eigenvalue weighted by molar-refractivity contribution is 6.34. The molecule has 2 heterocycles. The van der Waals surface area contributed by atoms with Crippen LogP contribution in [0.5, 0.6) is 0 Å². The minimum atomic E-state index is 0.446. The van der Waals surface area contributed by atoms with E-state index in [4.69, 9.17) is 23.2 Å². The van der Waals surface area contributed by atoms with Gasteiger partial charge < -0.3 is 9.80 Å². The van der Waals surface area contributed by atoms with Gasteiger partial charge in [-0.3, -0.25) is 0 Å². The highest BCUT2D eigenvalue weighted by Crippen LogP contribution is 2.21. The number of likely N-dealkylation sites (N-methyl/N-ethyl adjacent to an activating group) is 2. The molecule has 18 heavy (non-hydrogen) atoms. The molecule has 2 rings (SSSR count). The van der Waals surface area contributed by atoms with E-state index < -0.39 is 0 Å². The van der Waals surface area contributed by atoms with Crippen LogP contribution in [0, 0.1) is 0 Å². The zero-order valence-electron chi connectivity index (χ0n) is 10.9. The molecule has 100 valence electrons. The van der Waals surface area contributed by atoms with Crippen LogP contribution >= 0.6 is 23.2 Å². The lowest BCUT2D eigenvalue weighted by atomic mass is 10.2. The van der Waals surface area contributed by atoms with E-state index in [1.165, 1.54) is 19.4 Å². The summed E-state index contributed by atoms with van der Waals surface area (Å²) in [7, 11) is 4.32. The van der Waals surface area contributed by atoms with Gasteiger partial charge in [-0.25, -0.2) is 4.98 Å². The second kappa shape index (κ2) is 6.20. The van der Waals surface area contributed by atoms with E-state index in [0.29, 0.717) is 16.2 Å². The van der Waals surface area contributed by atoms with Crippen molar-refractivity contribution in [2.45, 2.75) is 25.4 Å². The molecule has 1 saturated heterocycles.